The zero-order chi connectivity index (χ0) is 29.9. The number of rotatable bonds is 7. The van der Waals surface area contributed by atoms with E-state index in [0.717, 1.165) is 30.5 Å². The van der Waals surface area contributed by atoms with E-state index in [9.17, 15) is 39.5 Å². The van der Waals surface area contributed by atoms with Gasteiger partial charge in [-0.05, 0) is 60.4 Å². The SMILES string of the molecule is C=CCCc1ccc(C#Cc2cc(F)c(-c3cc(F)c(C(F)(F)Oc4cc(F)c(F)c(F)c4)c(F)c3)c(F)c2)cc1. The van der Waals surface area contributed by atoms with Crippen LogP contribution in [-0.2, 0) is 12.5 Å². The summed E-state index contributed by atoms with van der Waals surface area (Å²) >= 11 is 0. The molecule has 4 aromatic rings. The van der Waals surface area contributed by atoms with E-state index in [1.165, 1.54) is 0 Å². The minimum atomic E-state index is -4.86. The van der Waals surface area contributed by atoms with E-state index in [-0.39, 0.29) is 29.8 Å². The van der Waals surface area contributed by atoms with Gasteiger partial charge in [0.05, 0.1) is 5.56 Å². The minimum Gasteiger partial charge on any atom is -0.429 e. The second-order valence-corrected chi connectivity index (χ2v) is 8.72. The van der Waals surface area contributed by atoms with E-state index >= 15 is 0 Å². The average molecular weight is 576 g/mol. The van der Waals surface area contributed by atoms with Crippen LogP contribution in [0.2, 0.25) is 0 Å². The maximum atomic E-state index is 14.9. The summed E-state index contributed by atoms with van der Waals surface area (Å²) in [7, 11) is 0. The molecule has 0 bridgehead atoms. The Labute approximate surface area is 228 Å². The average Bonchev–Trinajstić information content (AvgIpc) is 2.88. The van der Waals surface area contributed by atoms with E-state index in [4.69, 9.17) is 0 Å². The summed E-state index contributed by atoms with van der Waals surface area (Å²) in [5.41, 5.74) is -2.18. The molecule has 210 valence electrons. The van der Waals surface area contributed by atoms with Gasteiger partial charge in [-0.1, -0.05) is 30.0 Å². The van der Waals surface area contributed by atoms with Gasteiger partial charge in [0, 0.05) is 23.3 Å². The van der Waals surface area contributed by atoms with Crippen LogP contribution in [0.4, 0.5) is 39.5 Å². The van der Waals surface area contributed by atoms with Gasteiger partial charge < -0.3 is 4.74 Å². The van der Waals surface area contributed by atoms with E-state index < -0.39 is 69.3 Å². The van der Waals surface area contributed by atoms with Crippen LogP contribution in [0.5, 0.6) is 5.75 Å². The Morgan fingerprint density at radius 3 is 1.76 bits per heavy atom. The van der Waals surface area contributed by atoms with E-state index in [2.05, 4.69) is 23.2 Å². The van der Waals surface area contributed by atoms with Crippen molar-refractivity contribution in [2.45, 2.75) is 19.0 Å². The van der Waals surface area contributed by atoms with Crippen LogP contribution in [0.15, 0.2) is 73.3 Å². The molecule has 0 amide bonds. The van der Waals surface area contributed by atoms with Crippen molar-refractivity contribution in [1.82, 2.24) is 0 Å². The van der Waals surface area contributed by atoms with Gasteiger partial charge >= 0.3 is 6.11 Å². The fourth-order valence-electron chi connectivity index (χ4n) is 3.87. The third-order valence-electron chi connectivity index (χ3n) is 5.81. The fraction of sp³-hybridized carbons (Fsp3) is 0.0968. The Balaban J connectivity index is 1.61. The highest BCUT2D eigenvalue weighted by atomic mass is 19.3. The van der Waals surface area contributed by atoms with Crippen molar-refractivity contribution >= 4 is 0 Å². The van der Waals surface area contributed by atoms with Crippen molar-refractivity contribution in [2.24, 2.45) is 0 Å². The zero-order valence-electron chi connectivity index (χ0n) is 20.8. The van der Waals surface area contributed by atoms with E-state index in [1.807, 2.05) is 12.1 Å². The summed E-state index contributed by atoms with van der Waals surface area (Å²) in [5.74, 6) is -8.21. The number of hydrogen-bond donors (Lipinski definition) is 0. The largest absolute Gasteiger partial charge is 0.432 e. The highest BCUT2D eigenvalue weighted by Crippen LogP contribution is 2.38. The number of hydrogen-bond acceptors (Lipinski definition) is 1. The first-order valence-electron chi connectivity index (χ1n) is 11.8. The van der Waals surface area contributed by atoms with Crippen LogP contribution >= 0.6 is 0 Å². The summed E-state index contributed by atoms with van der Waals surface area (Å²) in [5, 5.41) is 0. The van der Waals surface area contributed by atoms with Gasteiger partial charge in [-0.2, -0.15) is 8.78 Å². The lowest BCUT2D eigenvalue weighted by Crippen LogP contribution is -2.25. The first-order valence-corrected chi connectivity index (χ1v) is 11.8. The highest BCUT2D eigenvalue weighted by molar-refractivity contribution is 5.67. The number of halogens is 9. The lowest BCUT2D eigenvalue weighted by molar-refractivity contribution is -0.189. The molecule has 0 radical (unpaired) electrons. The number of alkyl halides is 2. The quantitative estimate of drug-likeness (QED) is 0.0924. The fourth-order valence-corrected chi connectivity index (χ4v) is 3.87. The summed E-state index contributed by atoms with van der Waals surface area (Å²) in [6.45, 7) is 3.65. The minimum absolute atomic E-state index is 0.0467. The van der Waals surface area contributed by atoms with Crippen LogP contribution in [0.3, 0.4) is 0 Å². The van der Waals surface area contributed by atoms with Crippen LogP contribution in [0, 0.1) is 52.6 Å². The Morgan fingerprint density at radius 1 is 0.683 bits per heavy atom. The van der Waals surface area contributed by atoms with Crippen molar-refractivity contribution in [3.05, 3.63) is 136 Å². The Hall–Kier alpha value is -4.65. The van der Waals surface area contributed by atoms with Gasteiger partial charge in [0.15, 0.2) is 17.5 Å². The molecular weight excluding hydrogens is 559 g/mol. The first kappa shape index (κ1) is 29.3. The lowest BCUT2D eigenvalue weighted by atomic mass is 9.99. The van der Waals surface area contributed by atoms with E-state index in [0.29, 0.717) is 5.56 Å². The van der Waals surface area contributed by atoms with Gasteiger partial charge in [-0.3, -0.25) is 0 Å². The second kappa shape index (κ2) is 11.8. The molecule has 0 aliphatic rings. The highest BCUT2D eigenvalue weighted by Gasteiger charge is 2.41. The van der Waals surface area contributed by atoms with Crippen molar-refractivity contribution in [1.29, 1.82) is 0 Å². The predicted octanol–water partition coefficient (Wildman–Crippen LogP) is 8.97. The molecule has 4 aromatic carbocycles. The standard InChI is InChI=1S/C31H17F9O/c1-2-3-4-17-5-7-18(8-6-17)9-10-19-11-22(32)28(23(33)12-19)20-13-24(34)29(25(35)14-20)31(39,40)41-21-15-26(36)30(38)27(37)16-21/h2,5-8,11-16H,1,3-4H2. The Bertz CT molecular complexity index is 1610. The van der Waals surface area contributed by atoms with Crippen molar-refractivity contribution in [2.75, 3.05) is 0 Å². The molecule has 0 saturated carbocycles. The molecular formula is C31H17F9O. The Morgan fingerprint density at radius 2 is 1.22 bits per heavy atom. The molecule has 0 aliphatic heterocycles. The molecule has 41 heavy (non-hydrogen) atoms. The molecule has 1 nitrogen and oxygen atoms in total. The van der Waals surface area contributed by atoms with Gasteiger partial charge in [0.25, 0.3) is 0 Å². The van der Waals surface area contributed by atoms with Gasteiger partial charge in [0.1, 0.15) is 34.6 Å². The molecule has 0 fully saturated rings. The van der Waals surface area contributed by atoms with Crippen LogP contribution < -0.4 is 4.74 Å². The van der Waals surface area contributed by atoms with Gasteiger partial charge in [0.2, 0.25) is 0 Å². The van der Waals surface area contributed by atoms with Crippen molar-refractivity contribution in [3.8, 4) is 28.7 Å². The number of ether oxygens (including phenoxy) is 1. The van der Waals surface area contributed by atoms with Crippen LogP contribution in [-0.4, -0.2) is 0 Å². The number of allylic oxidation sites excluding steroid dienone is 1. The summed E-state index contributed by atoms with van der Waals surface area (Å²) < 4.78 is 132. The molecule has 0 heterocycles. The van der Waals surface area contributed by atoms with Crippen LogP contribution in [0.1, 0.15) is 28.7 Å². The maximum Gasteiger partial charge on any atom is 0.432 e. The van der Waals surface area contributed by atoms with Crippen LogP contribution in [0.25, 0.3) is 11.1 Å². The molecule has 0 atom stereocenters. The molecule has 4 rings (SSSR count). The van der Waals surface area contributed by atoms with E-state index in [1.54, 1.807) is 18.2 Å². The Kier molecular flexibility index (Phi) is 8.47. The normalized spacial score (nSPS) is 11.1. The monoisotopic (exact) mass is 576 g/mol. The van der Waals surface area contributed by atoms with Crippen molar-refractivity contribution in [3.63, 3.8) is 0 Å². The number of aryl methyl sites for hydroxylation is 1. The molecule has 10 heteroatoms. The number of benzene rings is 4. The summed E-state index contributed by atoms with van der Waals surface area (Å²) in [4.78, 5) is 0. The smallest absolute Gasteiger partial charge is 0.429 e. The third-order valence-corrected chi connectivity index (χ3v) is 5.81. The molecule has 0 N–H and O–H groups in total. The lowest BCUT2D eigenvalue weighted by Gasteiger charge is -2.20. The predicted molar refractivity (Wildman–Crippen MR) is 133 cm³/mol. The summed E-state index contributed by atoms with van der Waals surface area (Å²) in [6, 6.07) is 9.32. The molecule has 0 spiro atoms. The molecule has 0 saturated heterocycles. The maximum absolute atomic E-state index is 14.9. The van der Waals surface area contributed by atoms with Crippen molar-refractivity contribution < 1.29 is 44.3 Å². The zero-order valence-corrected chi connectivity index (χ0v) is 20.8. The second-order valence-electron chi connectivity index (χ2n) is 8.72. The molecule has 0 aliphatic carbocycles. The van der Waals surface area contributed by atoms with Gasteiger partial charge in [-0.25, -0.2) is 30.7 Å². The summed E-state index contributed by atoms with van der Waals surface area (Å²) in [6.07, 6.45) is -1.50. The topological polar surface area (TPSA) is 9.23 Å². The molecule has 0 aromatic heterocycles. The first-order chi connectivity index (χ1) is 19.4. The third kappa shape index (κ3) is 6.57. The van der Waals surface area contributed by atoms with Gasteiger partial charge in [-0.15, -0.1) is 6.58 Å². The molecule has 0 unspecified atom stereocenters.